The number of nitriles is 1. The molecule has 0 saturated heterocycles. The van der Waals surface area contributed by atoms with Crippen molar-refractivity contribution in [3.05, 3.63) is 104 Å². The average Bonchev–Trinajstić information content (AvgIpc) is 2.81. The molecule has 0 saturated carbocycles. The quantitative estimate of drug-likeness (QED) is 0.294. The molecule has 0 radical (unpaired) electrons. The number of carbonyl (C=O) groups is 2. The second kappa shape index (κ2) is 11.3. The van der Waals surface area contributed by atoms with E-state index < -0.39 is 11.9 Å². The van der Waals surface area contributed by atoms with Gasteiger partial charge in [0, 0.05) is 6.54 Å². The molecule has 0 unspecified atom stereocenters. The Hall–Kier alpha value is -3.60. The highest BCUT2D eigenvalue weighted by Gasteiger charge is 2.13. The number of carboxylic acids is 1. The van der Waals surface area contributed by atoms with E-state index in [0.717, 1.165) is 11.1 Å². The summed E-state index contributed by atoms with van der Waals surface area (Å²) in [7, 11) is 0. The second-order valence-corrected chi connectivity index (χ2v) is 8.20. The summed E-state index contributed by atoms with van der Waals surface area (Å²) in [6, 6.07) is 20.9. The maximum Gasteiger partial charge on any atom is 0.335 e. The van der Waals surface area contributed by atoms with Crippen LogP contribution in [-0.4, -0.2) is 17.0 Å². The number of nitrogens with zero attached hydrogens (tertiary/aromatic N) is 1. The third kappa shape index (κ3) is 6.69. The molecule has 0 heterocycles. The van der Waals surface area contributed by atoms with Crippen LogP contribution in [0.5, 0.6) is 5.75 Å². The van der Waals surface area contributed by atoms with Crippen LogP contribution in [0.25, 0.3) is 6.08 Å². The number of carbonyl (C=O) groups excluding carboxylic acids is 1. The van der Waals surface area contributed by atoms with Crippen molar-refractivity contribution in [2.75, 3.05) is 0 Å². The van der Waals surface area contributed by atoms with E-state index in [1.807, 2.05) is 36.4 Å². The maximum atomic E-state index is 12.4. The minimum Gasteiger partial charge on any atom is -0.486 e. The van der Waals surface area contributed by atoms with Crippen molar-refractivity contribution in [1.29, 1.82) is 5.26 Å². The highest BCUT2D eigenvalue weighted by molar-refractivity contribution is 9.10. The van der Waals surface area contributed by atoms with Crippen LogP contribution < -0.4 is 10.1 Å². The van der Waals surface area contributed by atoms with Crippen LogP contribution in [0.4, 0.5) is 0 Å². The first-order chi connectivity index (χ1) is 15.9. The van der Waals surface area contributed by atoms with Gasteiger partial charge < -0.3 is 15.2 Å². The van der Waals surface area contributed by atoms with Crippen LogP contribution in [0.2, 0.25) is 5.02 Å². The van der Waals surface area contributed by atoms with E-state index in [0.29, 0.717) is 27.4 Å². The van der Waals surface area contributed by atoms with E-state index in [1.54, 1.807) is 24.3 Å². The molecule has 0 atom stereocenters. The molecule has 3 rings (SSSR count). The van der Waals surface area contributed by atoms with Gasteiger partial charge in [0.05, 0.1) is 15.1 Å². The van der Waals surface area contributed by atoms with Gasteiger partial charge in [-0.25, -0.2) is 4.79 Å². The number of amides is 1. The molecule has 3 aromatic carbocycles. The molecule has 0 bridgehead atoms. The van der Waals surface area contributed by atoms with Crippen LogP contribution in [0.3, 0.4) is 0 Å². The van der Waals surface area contributed by atoms with E-state index in [2.05, 4.69) is 21.2 Å². The smallest absolute Gasteiger partial charge is 0.335 e. The molecule has 0 spiro atoms. The molecule has 166 valence electrons. The van der Waals surface area contributed by atoms with Gasteiger partial charge in [-0.05, 0) is 63.0 Å². The largest absolute Gasteiger partial charge is 0.486 e. The molecule has 6 nitrogen and oxygen atoms in total. The van der Waals surface area contributed by atoms with Crippen LogP contribution in [0, 0.1) is 11.3 Å². The summed E-state index contributed by atoms with van der Waals surface area (Å²) < 4.78 is 6.33. The molecule has 1 amide bonds. The number of aromatic carboxylic acids is 1. The zero-order valence-corrected chi connectivity index (χ0v) is 19.6. The van der Waals surface area contributed by atoms with Crippen molar-refractivity contribution in [2.45, 2.75) is 13.2 Å². The lowest BCUT2D eigenvalue weighted by molar-refractivity contribution is -0.117. The topological polar surface area (TPSA) is 99.4 Å². The van der Waals surface area contributed by atoms with Gasteiger partial charge >= 0.3 is 5.97 Å². The number of benzene rings is 3. The second-order valence-electron chi connectivity index (χ2n) is 6.94. The van der Waals surface area contributed by atoms with Crippen LogP contribution in [0.15, 0.2) is 76.8 Å². The van der Waals surface area contributed by atoms with Gasteiger partial charge in [-0.1, -0.05) is 54.1 Å². The first-order valence-electron chi connectivity index (χ1n) is 9.75. The fourth-order valence-electron chi connectivity index (χ4n) is 2.89. The molecule has 0 aliphatic carbocycles. The Kier molecular flexibility index (Phi) is 8.25. The summed E-state index contributed by atoms with van der Waals surface area (Å²) in [6.07, 6.45) is 1.45. The third-order valence-corrected chi connectivity index (χ3v) is 5.45. The normalized spacial score (nSPS) is 10.9. The van der Waals surface area contributed by atoms with Crippen molar-refractivity contribution >= 4 is 45.5 Å². The molecule has 0 aliphatic rings. The number of halogens is 2. The molecular formula is C25H18BrClN2O4. The van der Waals surface area contributed by atoms with Gasteiger partial charge in [0.25, 0.3) is 5.91 Å². The van der Waals surface area contributed by atoms with Crippen LogP contribution in [-0.2, 0) is 17.9 Å². The minimum absolute atomic E-state index is 0.0545. The summed E-state index contributed by atoms with van der Waals surface area (Å²) in [6.45, 7) is 0.488. The highest BCUT2D eigenvalue weighted by Crippen LogP contribution is 2.35. The van der Waals surface area contributed by atoms with Crippen molar-refractivity contribution in [2.24, 2.45) is 0 Å². The van der Waals surface area contributed by atoms with Gasteiger partial charge in [0.15, 0.2) is 5.75 Å². The van der Waals surface area contributed by atoms with Crippen molar-refractivity contribution < 1.29 is 19.4 Å². The maximum absolute atomic E-state index is 12.4. The van der Waals surface area contributed by atoms with Crippen molar-refractivity contribution in [3.8, 4) is 11.8 Å². The molecule has 8 heteroatoms. The molecule has 3 aromatic rings. The van der Waals surface area contributed by atoms with E-state index in [4.69, 9.17) is 21.4 Å². The molecule has 33 heavy (non-hydrogen) atoms. The number of nitrogens with one attached hydrogen (secondary N) is 1. The molecule has 2 N–H and O–H groups in total. The lowest BCUT2D eigenvalue weighted by atomic mass is 10.1. The number of carboxylic acid groups (broad SMARTS) is 1. The summed E-state index contributed by atoms with van der Waals surface area (Å²) in [5.41, 5.74) is 2.38. The first kappa shape index (κ1) is 24.1. The van der Waals surface area contributed by atoms with Gasteiger partial charge in [-0.3, -0.25) is 4.79 Å². The van der Waals surface area contributed by atoms with E-state index in [9.17, 15) is 14.9 Å². The van der Waals surface area contributed by atoms with Gasteiger partial charge in [-0.15, -0.1) is 0 Å². The minimum atomic E-state index is -0.998. The van der Waals surface area contributed by atoms with Crippen molar-refractivity contribution in [1.82, 2.24) is 5.32 Å². The lowest BCUT2D eigenvalue weighted by Crippen LogP contribution is -2.23. The zero-order chi connectivity index (χ0) is 23.8. The molecule has 0 fully saturated rings. The Labute approximate surface area is 204 Å². The Bertz CT molecular complexity index is 1210. The number of hydrogen-bond acceptors (Lipinski definition) is 4. The summed E-state index contributed by atoms with van der Waals surface area (Å²) in [5.74, 6) is -1.09. The Morgan fingerprint density at radius 3 is 2.39 bits per heavy atom. The predicted octanol–water partition coefficient (Wildman–Crippen LogP) is 5.60. The lowest BCUT2D eigenvalue weighted by Gasteiger charge is -2.12. The van der Waals surface area contributed by atoms with Crippen molar-refractivity contribution in [3.63, 3.8) is 0 Å². The zero-order valence-electron chi connectivity index (χ0n) is 17.2. The summed E-state index contributed by atoms with van der Waals surface area (Å²) in [5, 5.41) is 21.4. The summed E-state index contributed by atoms with van der Waals surface area (Å²) >= 11 is 9.78. The SMILES string of the molecule is N#C/C(=C/c1cc(Cl)c(OCc2ccc(C(=O)O)cc2)c(Br)c1)C(=O)NCc1ccccc1. The van der Waals surface area contributed by atoms with E-state index >= 15 is 0 Å². The van der Waals surface area contributed by atoms with E-state index in [-0.39, 0.29) is 17.7 Å². The Morgan fingerprint density at radius 1 is 1.09 bits per heavy atom. The third-order valence-electron chi connectivity index (χ3n) is 4.58. The average molecular weight is 526 g/mol. The Morgan fingerprint density at radius 2 is 1.79 bits per heavy atom. The van der Waals surface area contributed by atoms with Crippen LogP contribution in [0.1, 0.15) is 27.0 Å². The molecule has 0 aromatic heterocycles. The molecule has 0 aliphatic heterocycles. The van der Waals surface area contributed by atoms with Gasteiger partial charge in [0.2, 0.25) is 0 Å². The van der Waals surface area contributed by atoms with E-state index in [1.165, 1.54) is 18.2 Å². The summed E-state index contributed by atoms with van der Waals surface area (Å²) in [4.78, 5) is 23.4. The fraction of sp³-hybridized carbons (Fsp3) is 0.0800. The van der Waals surface area contributed by atoms with Gasteiger partial charge in [0.1, 0.15) is 18.2 Å². The number of ether oxygens (including phenoxy) is 1. The van der Waals surface area contributed by atoms with Gasteiger partial charge in [-0.2, -0.15) is 5.26 Å². The monoisotopic (exact) mass is 524 g/mol. The standard InChI is InChI=1S/C25H18BrClN2O4/c26-21-11-18(10-20(13-28)24(30)29-14-16-4-2-1-3-5-16)12-22(27)23(21)33-15-17-6-8-19(9-7-17)25(31)32/h1-12H,14-15H2,(H,29,30)(H,31,32)/b20-10-. The number of rotatable bonds is 8. The highest BCUT2D eigenvalue weighted by atomic mass is 79.9. The number of hydrogen-bond donors (Lipinski definition) is 2. The molecular weight excluding hydrogens is 508 g/mol. The fourth-order valence-corrected chi connectivity index (χ4v) is 3.88. The predicted molar refractivity (Wildman–Crippen MR) is 129 cm³/mol. The Balaban J connectivity index is 1.69. The van der Waals surface area contributed by atoms with Crippen LogP contribution >= 0.6 is 27.5 Å². The first-order valence-corrected chi connectivity index (χ1v) is 10.9.